The van der Waals surface area contributed by atoms with E-state index in [0.717, 1.165) is 37.2 Å². The number of hydrogen-bond donors (Lipinski definition) is 3. The number of rotatable bonds is 10. The number of nitrogen functional groups attached to an aromatic ring is 1. The maximum atomic E-state index is 13.5. The Bertz CT molecular complexity index is 1290. The number of carbonyl (C=O) groups excluding carboxylic acids is 2. The molecule has 2 amide bonds. The third-order valence-corrected chi connectivity index (χ3v) is 7.48. The first-order valence-electron chi connectivity index (χ1n) is 14.2. The lowest BCUT2D eigenvalue weighted by atomic mass is 9.96. The predicted octanol–water partition coefficient (Wildman–Crippen LogP) is 6.35. The minimum atomic E-state index is -0.353. The van der Waals surface area contributed by atoms with E-state index in [1.807, 2.05) is 50.2 Å². The molecule has 1 saturated heterocycles. The van der Waals surface area contributed by atoms with Gasteiger partial charge in [-0.3, -0.25) is 9.59 Å². The normalized spacial score (nSPS) is 15.8. The molecule has 41 heavy (non-hydrogen) atoms. The van der Waals surface area contributed by atoms with E-state index < -0.39 is 0 Å². The summed E-state index contributed by atoms with van der Waals surface area (Å²) in [5.74, 6) is -0.681. The number of amides is 2. The van der Waals surface area contributed by atoms with Gasteiger partial charge in [0.25, 0.3) is 0 Å². The summed E-state index contributed by atoms with van der Waals surface area (Å²) in [6.07, 6.45) is 4.31. The van der Waals surface area contributed by atoms with Crippen molar-refractivity contribution in [2.45, 2.75) is 39.2 Å². The number of anilines is 3. The Morgan fingerprint density at radius 1 is 1.05 bits per heavy atom. The number of benzene rings is 3. The first-order valence-corrected chi connectivity index (χ1v) is 14.6. The van der Waals surface area contributed by atoms with E-state index in [9.17, 15) is 9.59 Å². The van der Waals surface area contributed by atoms with Gasteiger partial charge in [-0.25, -0.2) is 0 Å². The molecule has 1 aliphatic heterocycles. The van der Waals surface area contributed by atoms with Gasteiger partial charge in [0.05, 0.1) is 17.3 Å². The zero-order valence-electron chi connectivity index (χ0n) is 24.4. The monoisotopic (exact) mass is 575 g/mol. The minimum Gasteiger partial charge on any atom is -0.397 e. The van der Waals surface area contributed by atoms with Crippen molar-refractivity contribution in [1.29, 1.82) is 0 Å². The van der Waals surface area contributed by atoms with Gasteiger partial charge in [-0.1, -0.05) is 68.8 Å². The van der Waals surface area contributed by atoms with Gasteiger partial charge in [-0.05, 0) is 80.2 Å². The largest absolute Gasteiger partial charge is 0.397 e. The third kappa shape index (κ3) is 9.46. The Morgan fingerprint density at radius 3 is 2.39 bits per heavy atom. The Kier molecular flexibility index (Phi) is 12.4. The van der Waals surface area contributed by atoms with Gasteiger partial charge in [-0.2, -0.15) is 0 Å². The fourth-order valence-electron chi connectivity index (χ4n) is 4.75. The van der Waals surface area contributed by atoms with Crippen LogP contribution in [0.2, 0.25) is 5.02 Å². The van der Waals surface area contributed by atoms with E-state index in [-0.39, 0.29) is 17.7 Å². The van der Waals surface area contributed by atoms with Gasteiger partial charge in [0.15, 0.2) is 0 Å². The topological polar surface area (TPSA) is 90.7 Å². The van der Waals surface area contributed by atoms with Crippen LogP contribution in [-0.2, 0) is 9.59 Å². The van der Waals surface area contributed by atoms with E-state index in [4.69, 9.17) is 17.3 Å². The number of likely N-dealkylation sites (N-methyl/N-ethyl adjacent to an activating group) is 1. The van der Waals surface area contributed by atoms with Crippen LogP contribution < -0.4 is 16.4 Å². The average molecular weight is 576 g/mol. The zero-order valence-corrected chi connectivity index (χ0v) is 25.2. The molecule has 8 heteroatoms. The molecule has 2 atom stereocenters. The summed E-state index contributed by atoms with van der Waals surface area (Å²) in [4.78, 5) is 30.6. The van der Waals surface area contributed by atoms with Crippen LogP contribution in [0.15, 0.2) is 78.9 Å². The van der Waals surface area contributed by atoms with Crippen LogP contribution in [0.25, 0.3) is 6.08 Å². The summed E-state index contributed by atoms with van der Waals surface area (Å²) in [5, 5.41) is 6.47. The lowest BCUT2D eigenvalue weighted by molar-refractivity contribution is -0.118. The number of nitrogens with one attached hydrogen (secondary N) is 2. The van der Waals surface area contributed by atoms with Crippen molar-refractivity contribution in [3.8, 4) is 0 Å². The molecular weight excluding hydrogens is 534 g/mol. The van der Waals surface area contributed by atoms with Gasteiger partial charge in [0.2, 0.25) is 11.8 Å². The molecule has 1 heterocycles. The van der Waals surface area contributed by atoms with E-state index in [2.05, 4.69) is 34.4 Å². The van der Waals surface area contributed by atoms with Crippen molar-refractivity contribution in [1.82, 2.24) is 9.80 Å². The molecule has 0 radical (unpaired) electrons. The Hall–Kier alpha value is -3.65. The van der Waals surface area contributed by atoms with Gasteiger partial charge < -0.3 is 26.2 Å². The predicted molar refractivity (Wildman–Crippen MR) is 172 cm³/mol. The minimum absolute atomic E-state index is 0.0623. The molecular formula is C33H42ClN5O2. The molecule has 4 N–H and O–H groups in total. The molecule has 0 aromatic heterocycles. The highest BCUT2D eigenvalue weighted by Crippen LogP contribution is 2.25. The third-order valence-electron chi connectivity index (χ3n) is 7.22. The number of nitrogens with two attached hydrogens (primary N) is 1. The Labute approximate surface area is 249 Å². The van der Waals surface area contributed by atoms with Gasteiger partial charge >= 0.3 is 0 Å². The molecule has 0 aliphatic carbocycles. The van der Waals surface area contributed by atoms with Crippen LogP contribution in [0.3, 0.4) is 0 Å². The Balaban J connectivity index is 0.00000226. The van der Waals surface area contributed by atoms with Gasteiger partial charge in [0, 0.05) is 35.9 Å². The first kappa shape index (κ1) is 31.9. The molecule has 3 aromatic carbocycles. The van der Waals surface area contributed by atoms with Crippen LogP contribution in [0, 0.1) is 0 Å². The molecule has 1 aliphatic rings. The second kappa shape index (κ2) is 16.0. The molecule has 3 aromatic rings. The second-order valence-corrected chi connectivity index (χ2v) is 10.3. The highest BCUT2D eigenvalue weighted by molar-refractivity contribution is 6.30. The fourth-order valence-corrected chi connectivity index (χ4v) is 4.88. The van der Waals surface area contributed by atoms with Crippen molar-refractivity contribution in [3.63, 3.8) is 0 Å². The summed E-state index contributed by atoms with van der Waals surface area (Å²) in [6, 6.07) is 22.6. The molecule has 7 nitrogen and oxygen atoms in total. The fraction of sp³-hybridized carbons (Fsp3) is 0.333. The summed E-state index contributed by atoms with van der Waals surface area (Å²) in [7, 11) is 2.15. The van der Waals surface area contributed by atoms with Crippen LogP contribution in [0.5, 0.6) is 0 Å². The number of likely N-dealkylation sites (tertiary alicyclic amines) is 1. The Morgan fingerprint density at radius 2 is 1.73 bits per heavy atom. The van der Waals surface area contributed by atoms with Crippen LogP contribution in [0.1, 0.15) is 44.2 Å². The summed E-state index contributed by atoms with van der Waals surface area (Å²) >= 11 is 6.02. The maximum Gasteiger partial charge on any atom is 0.248 e. The van der Waals surface area contributed by atoms with Crippen molar-refractivity contribution in [3.05, 3.63) is 95.0 Å². The van der Waals surface area contributed by atoms with Crippen molar-refractivity contribution in [2.24, 2.45) is 0 Å². The zero-order chi connectivity index (χ0) is 29.8. The van der Waals surface area contributed by atoms with Gasteiger partial charge in [-0.15, -0.1) is 0 Å². The smallest absolute Gasteiger partial charge is 0.248 e. The number of hydrogen-bond acceptors (Lipinski definition) is 5. The summed E-state index contributed by atoms with van der Waals surface area (Å²) < 4.78 is 0. The molecule has 0 spiro atoms. The summed E-state index contributed by atoms with van der Waals surface area (Å²) in [5.41, 5.74) is 9.49. The molecule has 2 unspecified atom stereocenters. The standard InChI is InChI=1S/C31H36ClN5O2.C2H6/c1-3-36(2)26-18-19-37(20-26)21-27(31(39)34-25-15-13-24(32)14-16-25)23-11-8-22(9-12-23)10-17-30(38)35-29-7-5-4-6-28(29)33;1-2/h4-17,26-27H,3,18-21,33H2,1-2H3,(H,34,39)(H,35,38);1-2H3/b17-10+;. The first-order chi connectivity index (χ1) is 19.8. The number of para-hydroxylation sites is 2. The molecule has 0 saturated carbocycles. The van der Waals surface area contributed by atoms with Gasteiger partial charge in [0.1, 0.15) is 0 Å². The van der Waals surface area contributed by atoms with Crippen LogP contribution in [-0.4, -0.2) is 60.9 Å². The number of halogens is 1. The number of nitrogens with zero attached hydrogens (tertiary/aromatic N) is 2. The highest BCUT2D eigenvalue weighted by Gasteiger charge is 2.30. The lowest BCUT2D eigenvalue weighted by Crippen LogP contribution is -2.37. The summed E-state index contributed by atoms with van der Waals surface area (Å²) in [6.45, 7) is 9.70. The average Bonchev–Trinajstić information content (AvgIpc) is 3.47. The second-order valence-electron chi connectivity index (χ2n) is 9.90. The van der Waals surface area contributed by atoms with E-state index in [1.54, 1.807) is 42.5 Å². The highest BCUT2D eigenvalue weighted by atomic mass is 35.5. The van der Waals surface area contributed by atoms with Crippen molar-refractivity contribution in [2.75, 3.05) is 49.6 Å². The van der Waals surface area contributed by atoms with Crippen LogP contribution >= 0.6 is 11.6 Å². The molecule has 0 bridgehead atoms. The van der Waals surface area contributed by atoms with E-state index in [0.29, 0.717) is 34.7 Å². The maximum absolute atomic E-state index is 13.5. The van der Waals surface area contributed by atoms with E-state index >= 15 is 0 Å². The molecule has 4 rings (SSSR count). The molecule has 1 fully saturated rings. The quantitative estimate of drug-likeness (QED) is 0.194. The number of carbonyl (C=O) groups is 2. The SMILES string of the molecule is CC.CCN(C)C1CCN(CC(C(=O)Nc2ccc(Cl)cc2)c2ccc(/C=C/C(=O)Nc3ccccc3N)cc2)C1. The van der Waals surface area contributed by atoms with E-state index in [1.165, 1.54) is 6.08 Å². The lowest BCUT2D eigenvalue weighted by Gasteiger charge is -2.26. The van der Waals surface area contributed by atoms with Crippen molar-refractivity contribution >= 4 is 46.6 Å². The van der Waals surface area contributed by atoms with Crippen molar-refractivity contribution < 1.29 is 9.59 Å². The van der Waals surface area contributed by atoms with Crippen LogP contribution in [0.4, 0.5) is 17.1 Å². The molecule has 218 valence electrons.